The number of non-ortho nitro benzene ring substituents is 1. The number of nitro benzene ring substituents is 1. The van der Waals surface area contributed by atoms with Crippen molar-refractivity contribution in [2.45, 2.75) is 32.8 Å². The lowest BCUT2D eigenvalue weighted by atomic mass is 9.96. The molecule has 1 aliphatic heterocycles. The molecule has 1 aliphatic rings. The lowest BCUT2D eigenvalue weighted by Crippen LogP contribution is -2.40. The Morgan fingerprint density at radius 2 is 2.13 bits per heavy atom. The molecule has 0 saturated carbocycles. The van der Waals surface area contributed by atoms with E-state index in [-0.39, 0.29) is 24.3 Å². The highest BCUT2D eigenvalue weighted by molar-refractivity contribution is 6.00. The first-order chi connectivity index (χ1) is 14.0. The van der Waals surface area contributed by atoms with E-state index in [4.69, 9.17) is 9.47 Å². The van der Waals surface area contributed by atoms with Crippen molar-refractivity contribution in [3.63, 3.8) is 0 Å². The number of hydrogen-bond donors (Lipinski definition) is 1. The summed E-state index contributed by atoms with van der Waals surface area (Å²) in [7, 11) is 1.80. The number of hydrogen-bond acceptors (Lipinski definition) is 7. The van der Waals surface area contributed by atoms with E-state index in [0.29, 0.717) is 10.9 Å². The number of nitro groups is 1. The number of benzene rings is 1. The summed E-state index contributed by atoms with van der Waals surface area (Å²) in [5.41, 5.74) is -0.457. The highest BCUT2D eigenvalue weighted by atomic mass is 16.6. The van der Waals surface area contributed by atoms with E-state index < -0.39 is 34.5 Å². The lowest BCUT2D eigenvalue weighted by molar-refractivity contribution is -0.384. The number of aromatic nitrogens is 1. The minimum absolute atomic E-state index is 0.0467. The average Bonchev–Trinajstić information content (AvgIpc) is 3.16. The standard InChI is InChI=1S/C21H24N2O7/c1-20(2,3)19(26)29-12-21(11-24)9-13(18(25)30-21)7-14-10-22(4)17-6-5-15(23(27)28)8-16(14)17/h5-8,10,24H,9,11-12H2,1-4H3/b13-7+. The van der Waals surface area contributed by atoms with Gasteiger partial charge in [0.2, 0.25) is 0 Å². The van der Waals surface area contributed by atoms with Crippen molar-refractivity contribution in [1.29, 1.82) is 0 Å². The Morgan fingerprint density at radius 1 is 1.43 bits per heavy atom. The zero-order chi connectivity index (χ0) is 22.3. The molecule has 0 bridgehead atoms. The van der Waals surface area contributed by atoms with E-state index in [1.54, 1.807) is 50.7 Å². The van der Waals surface area contributed by atoms with Gasteiger partial charge in [0.15, 0.2) is 5.60 Å². The largest absolute Gasteiger partial charge is 0.461 e. The molecule has 1 fully saturated rings. The number of cyclic esters (lactones) is 1. The molecule has 1 aromatic carbocycles. The van der Waals surface area contributed by atoms with Crippen LogP contribution >= 0.6 is 0 Å². The Kier molecular flexibility index (Phi) is 5.42. The van der Waals surface area contributed by atoms with Crippen LogP contribution in [0.3, 0.4) is 0 Å². The van der Waals surface area contributed by atoms with Crippen molar-refractivity contribution in [3.8, 4) is 0 Å². The molecule has 2 heterocycles. The summed E-state index contributed by atoms with van der Waals surface area (Å²) in [6.45, 7) is 4.34. The van der Waals surface area contributed by atoms with Crippen LogP contribution in [0.5, 0.6) is 0 Å². The second-order valence-corrected chi connectivity index (χ2v) is 8.56. The van der Waals surface area contributed by atoms with Gasteiger partial charge in [0.1, 0.15) is 6.61 Å². The van der Waals surface area contributed by atoms with Crippen LogP contribution in [0.4, 0.5) is 5.69 Å². The fourth-order valence-electron chi connectivity index (χ4n) is 3.28. The van der Waals surface area contributed by atoms with Crippen molar-refractivity contribution in [2.24, 2.45) is 12.5 Å². The van der Waals surface area contributed by atoms with Gasteiger partial charge >= 0.3 is 11.9 Å². The Bertz CT molecular complexity index is 1060. The van der Waals surface area contributed by atoms with Gasteiger partial charge in [0.05, 0.1) is 16.9 Å². The number of aryl methyl sites for hydroxylation is 1. The van der Waals surface area contributed by atoms with E-state index in [9.17, 15) is 24.8 Å². The predicted molar refractivity (Wildman–Crippen MR) is 108 cm³/mol. The molecule has 0 aliphatic carbocycles. The first-order valence-electron chi connectivity index (χ1n) is 9.41. The first kappa shape index (κ1) is 21.5. The highest BCUT2D eigenvalue weighted by Gasteiger charge is 2.45. The average molecular weight is 416 g/mol. The zero-order valence-electron chi connectivity index (χ0n) is 17.3. The molecule has 1 saturated heterocycles. The molecule has 9 heteroatoms. The van der Waals surface area contributed by atoms with Gasteiger partial charge in [-0.25, -0.2) is 4.79 Å². The Hall–Kier alpha value is -3.20. The molecule has 0 amide bonds. The van der Waals surface area contributed by atoms with Crippen LogP contribution in [-0.4, -0.2) is 45.4 Å². The second kappa shape index (κ2) is 7.56. The number of ether oxygens (including phenoxy) is 2. The van der Waals surface area contributed by atoms with E-state index >= 15 is 0 Å². The molecule has 1 atom stereocenters. The summed E-state index contributed by atoms with van der Waals surface area (Å²) in [6.07, 6.45) is 3.40. The van der Waals surface area contributed by atoms with E-state index in [0.717, 1.165) is 5.52 Å². The SMILES string of the molecule is Cn1cc(/C=C2\CC(CO)(COC(=O)C(C)(C)C)OC2=O)c2cc([N+](=O)[O-])ccc21. The van der Waals surface area contributed by atoms with Gasteiger partial charge in [-0.3, -0.25) is 14.9 Å². The quantitative estimate of drug-likeness (QED) is 0.344. The van der Waals surface area contributed by atoms with E-state index in [2.05, 4.69) is 0 Å². The maximum absolute atomic E-state index is 12.5. The van der Waals surface area contributed by atoms with Gasteiger partial charge in [-0.05, 0) is 32.9 Å². The molecule has 9 nitrogen and oxygen atoms in total. The summed E-state index contributed by atoms with van der Waals surface area (Å²) in [4.78, 5) is 35.2. The van der Waals surface area contributed by atoms with Crippen LogP contribution in [-0.2, 0) is 26.1 Å². The summed E-state index contributed by atoms with van der Waals surface area (Å²) < 4.78 is 12.4. The summed E-state index contributed by atoms with van der Waals surface area (Å²) >= 11 is 0. The van der Waals surface area contributed by atoms with Crippen molar-refractivity contribution >= 4 is 34.6 Å². The first-order valence-corrected chi connectivity index (χ1v) is 9.41. The van der Waals surface area contributed by atoms with Crippen LogP contribution in [0, 0.1) is 15.5 Å². The summed E-state index contributed by atoms with van der Waals surface area (Å²) in [6, 6.07) is 4.52. The third-order valence-electron chi connectivity index (χ3n) is 5.00. The third kappa shape index (κ3) is 4.06. The van der Waals surface area contributed by atoms with Gasteiger partial charge in [0, 0.05) is 53.8 Å². The van der Waals surface area contributed by atoms with Crippen LogP contribution in [0.15, 0.2) is 30.0 Å². The Morgan fingerprint density at radius 3 is 2.73 bits per heavy atom. The van der Waals surface area contributed by atoms with Gasteiger partial charge < -0.3 is 19.1 Å². The minimum atomic E-state index is -1.35. The molecule has 3 rings (SSSR count). The molecule has 30 heavy (non-hydrogen) atoms. The van der Waals surface area contributed by atoms with E-state index in [1.165, 1.54) is 12.1 Å². The number of aliphatic hydroxyl groups is 1. The van der Waals surface area contributed by atoms with Crippen molar-refractivity contribution in [2.75, 3.05) is 13.2 Å². The number of esters is 2. The highest BCUT2D eigenvalue weighted by Crippen LogP contribution is 2.35. The van der Waals surface area contributed by atoms with Crippen LogP contribution < -0.4 is 0 Å². The van der Waals surface area contributed by atoms with Crippen molar-refractivity contribution in [3.05, 3.63) is 45.6 Å². The smallest absolute Gasteiger partial charge is 0.334 e. The third-order valence-corrected chi connectivity index (χ3v) is 5.00. The number of fused-ring (bicyclic) bond motifs is 1. The zero-order valence-corrected chi connectivity index (χ0v) is 17.3. The molecular formula is C21H24N2O7. The normalized spacial score (nSPS) is 20.6. The molecule has 160 valence electrons. The van der Waals surface area contributed by atoms with Crippen LogP contribution in [0.25, 0.3) is 17.0 Å². The molecule has 2 aromatic rings. The number of rotatable bonds is 5. The fraction of sp³-hybridized carbons (Fsp3) is 0.429. The molecular weight excluding hydrogens is 392 g/mol. The molecule has 0 spiro atoms. The maximum Gasteiger partial charge on any atom is 0.334 e. The number of aliphatic hydroxyl groups excluding tert-OH is 1. The maximum atomic E-state index is 12.5. The molecule has 1 N–H and O–H groups in total. The fourth-order valence-corrected chi connectivity index (χ4v) is 3.28. The predicted octanol–water partition coefficient (Wildman–Crippen LogP) is 2.74. The minimum Gasteiger partial charge on any atom is -0.461 e. The Labute approximate surface area is 173 Å². The van der Waals surface area contributed by atoms with Crippen molar-refractivity contribution in [1.82, 2.24) is 4.57 Å². The Balaban J connectivity index is 1.91. The second-order valence-electron chi connectivity index (χ2n) is 8.56. The van der Waals surface area contributed by atoms with Crippen LogP contribution in [0.1, 0.15) is 32.8 Å². The molecule has 1 aromatic heterocycles. The van der Waals surface area contributed by atoms with Gasteiger partial charge in [0.25, 0.3) is 5.69 Å². The monoisotopic (exact) mass is 416 g/mol. The molecule has 0 radical (unpaired) electrons. The topological polar surface area (TPSA) is 121 Å². The van der Waals surface area contributed by atoms with Gasteiger partial charge in [-0.2, -0.15) is 0 Å². The number of nitrogens with zero attached hydrogens (tertiary/aromatic N) is 2. The van der Waals surface area contributed by atoms with Gasteiger partial charge in [-0.1, -0.05) is 0 Å². The summed E-state index contributed by atoms with van der Waals surface area (Å²) in [5, 5.41) is 21.6. The number of carbonyl (C=O) groups excluding carboxylic acids is 2. The van der Waals surface area contributed by atoms with E-state index in [1.807, 2.05) is 0 Å². The van der Waals surface area contributed by atoms with Gasteiger partial charge in [-0.15, -0.1) is 0 Å². The number of carbonyl (C=O) groups is 2. The summed E-state index contributed by atoms with van der Waals surface area (Å²) in [5.74, 6) is -1.09. The molecule has 1 unspecified atom stereocenters. The van der Waals surface area contributed by atoms with Crippen LogP contribution in [0.2, 0.25) is 0 Å². The lowest BCUT2D eigenvalue weighted by Gasteiger charge is -2.26. The van der Waals surface area contributed by atoms with Crippen molar-refractivity contribution < 1.29 is 29.1 Å².